The second-order valence-electron chi connectivity index (χ2n) is 7.60. The van der Waals surface area contributed by atoms with Crippen molar-refractivity contribution in [1.82, 2.24) is 15.1 Å². The summed E-state index contributed by atoms with van der Waals surface area (Å²) in [5.41, 5.74) is 1.08. The first kappa shape index (κ1) is 19.4. The smallest absolute Gasteiger partial charge is 0.228 e. The summed E-state index contributed by atoms with van der Waals surface area (Å²) in [6, 6.07) is 9.89. The fourth-order valence-corrected chi connectivity index (χ4v) is 3.97. The van der Waals surface area contributed by atoms with Crippen LogP contribution in [0.4, 0.5) is 0 Å². The van der Waals surface area contributed by atoms with E-state index in [9.17, 15) is 14.4 Å². The molecule has 2 saturated heterocycles. The molecule has 0 aromatic heterocycles. The second-order valence-corrected chi connectivity index (χ2v) is 7.60. The zero-order chi connectivity index (χ0) is 19.2. The van der Waals surface area contributed by atoms with E-state index >= 15 is 0 Å². The molecule has 1 N–H and O–H groups in total. The lowest BCUT2D eigenvalue weighted by Gasteiger charge is -2.34. The van der Waals surface area contributed by atoms with Crippen molar-refractivity contribution in [1.29, 1.82) is 0 Å². The highest BCUT2D eigenvalue weighted by molar-refractivity contribution is 5.89. The van der Waals surface area contributed by atoms with Gasteiger partial charge in [0.25, 0.3) is 0 Å². The first-order valence-electron chi connectivity index (χ1n) is 9.96. The molecule has 2 fully saturated rings. The molecule has 2 atom stereocenters. The molecule has 1 aromatic carbocycles. The van der Waals surface area contributed by atoms with Crippen LogP contribution in [-0.4, -0.2) is 53.2 Å². The van der Waals surface area contributed by atoms with Gasteiger partial charge in [-0.3, -0.25) is 14.4 Å². The number of nitrogens with zero attached hydrogens (tertiary/aromatic N) is 2. The Bertz CT molecular complexity index is 677. The van der Waals surface area contributed by atoms with Crippen LogP contribution < -0.4 is 5.32 Å². The van der Waals surface area contributed by atoms with E-state index in [2.05, 4.69) is 5.32 Å². The number of carbonyl (C=O) groups is 3. The molecule has 6 heteroatoms. The van der Waals surface area contributed by atoms with Crippen molar-refractivity contribution in [2.45, 2.75) is 51.6 Å². The van der Waals surface area contributed by atoms with Gasteiger partial charge in [0.15, 0.2) is 0 Å². The van der Waals surface area contributed by atoms with Crippen LogP contribution in [-0.2, 0) is 20.9 Å². The highest BCUT2D eigenvalue weighted by atomic mass is 16.2. The first-order valence-corrected chi connectivity index (χ1v) is 9.96. The molecule has 0 radical (unpaired) electrons. The number of rotatable bonds is 6. The SMILES string of the molecule is CCCC(=O)NC1CCCN(C(=O)C2CC(=O)N(Cc3ccccc3)C2)C1. The third-order valence-corrected chi connectivity index (χ3v) is 5.36. The molecule has 27 heavy (non-hydrogen) atoms. The highest BCUT2D eigenvalue weighted by Gasteiger charge is 2.37. The minimum Gasteiger partial charge on any atom is -0.352 e. The maximum Gasteiger partial charge on any atom is 0.228 e. The van der Waals surface area contributed by atoms with E-state index in [1.807, 2.05) is 42.2 Å². The summed E-state index contributed by atoms with van der Waals surface area (Å²) in [5.74, 6) is -0.122. The van der Waals surface area contributed by atoms with Crippen LogP contribution in [0.5, 0.6) is 0 Å². The molecule has 0 spiro atoms. The lowest BCUT2D eigenvalue weighted by atomic mass is 10.0. The Morgan fingerprint density at radius 3 is 2.70 bits per heavy atom. The molecule has 1 aromatic rings. The average Bonchev–Trinajstić information content (AvgIpc) is 3.03. The summed E-state index contributed by atoms with van der Waals surface area (Å²) < 4.78 is 0. The third-order valence-electron chi connectivity index (χ3n) is 5.36. The van der Waals surface area contributed by atoms with Gasteiger partial charge in [-0.05, 0) is 24.8 Å². The molecular formula is C21H29N3O3. The van der Waals surface area contributed by atoms with Crippen molar-refractivity contribution in [2.24, 2.45) is 5.92 Å². The fourth-order valence-electron chi connectivity index (χ4n) is 3.97. The Labute approximate surface area is 160 Å². The van der Waals surface area contributed by atoms with Crippen molar-refractivity contribution in [3.05, 3.63) is 35.9 Å². The van der Waals surface area contributed by atoms with Crippen molar-refractivity contribution >= 4 is 17.7 Å². The maximum absolute atomic E-state index is 12.9. The monoisotopic (exact) mass is 371 g/mol. The fraction of sp³-hybridized carbons (Fsp3) is 0.571. The van der Waals surface area contributed by atoms with E-state index in [1.165, 1.54) is 0 Å². The molecule has 2 unspecified atom stereocenters. The van der Waals surface area contributed by atoms with Crippen molar-refractivity contribution in [3.63, 3.8) is 0 Å². The van der Waals surface area contributed by atoms with Gasteiger partial charge in [-0.15, -0.1) is 0 Å². The molecule has 0 saturated carbocycles. The lowest BCUT2D eigenvalue weighted by molar-refractivity contribution is -0.137. The number of hydrogen-bond acceptors (Lipinski definition) is 3. The molecular weight excluding hydrogens is 342 g/mol. The number of amides is 3. The van der Waals surface area contributed by atoms with Crippen LogP contribution in [0.25, 0.3) is 0 Å². The van der Waals surface area contributed by atoms with Crippen LogP contribution in [0.15, 0.2) is 30.3 Å². The molecule has 6 nitrogen and oxygen atoms in total. The number of likely N-dealkylation sites (tertiary alicyclic amines) is 2. The number of hydrogen-bond donors (Lipinski definition) is 1. The van der Waals surface area contributed by atoms with E-state index in [-0.39, 0.29) is 36.1 Å². The Kier molecular flexibility index (Phi) is 6.48. The maximum atomic E-state index is 12.9. The van der Waals surface area contributed by atoms with Crippen molar-refractivity contribution in [2.75, 3.05) is 19.6 Å². The largest absolute Gasteiger partial charge is 0.352 e. The Morgan fingerprint density at radius 2 is 1.96 bits per heavy atom. The average molecular weight is 371 g/mol. The second kappa shape index (κ2) is 9.02. The van der Waals surface area contributed by atoms with E-state index in [1.54, 1.807) is 4.90 Å². The molecule has 3 rings (SSSR count). The summed E-state index contributed by atoms with van der Waals surface area (Å²) in [7, 11) is 0. The van der Waals surface area contributed by atoms with Gasteiger partial charge in [-0.1, -0.05) is 37.3 Å². The van der Waals surface area contributed by atoms with E-state index in [0.29, 0.717) is 32.6 Å². The number of carbonyl (C=O) groups excluding carboxylic acids is 3. The summed E-state index contributed by atoms with van der Waals surface area (Å²) >= 11 is 0. The minimum atomic E-state index is -0.272. The zero-order valence-electron chi connectivity index (χ0n) is 16.0. The molecule has 146 valence electrons. The van der Waals surface area contributed by atoms with Gasteiger partial charge in [0.1, 0.15) is 0 Å². The van der Waals surface area contributed by atoms with Crippen LogP contribution >= 0.6 is 0 Å². The Balaban J connectivity index is 1.54. The molecule has 2 aliphatic heterocycles. The number of benzene rings is 1. The summed E-state index contributed by atoms with van der Waals surface area (Å²) in [6.07, 6.45) is 3.42. The molecule has 0 bridgehead atoms. The minimum absolute atomic E-state index is 0.0271. The van der Waals surface area contributed by atoms with E-state index in [0.717, 1.165) is 24.8 Å². The normalized spacial score (nSPS) is 22.8. The highest BCUT2D eigenvalue weighted by Crippen LogP contribution is 2.24. The van der Waals surface area contributed by atoms with Gasteiger partial charge in [0, 0.05) is 45.1 Å². The lowest BCUT2D eigenvalue weighted by Crippen LogP contribution is -2.51. The number of nitrogens with one attached hydrogen (secondary N) is 1. The van der Waals surface area contributed by atoms with Gasteiger partial charge >= 0.3 is 0 Å². The van der Waals surface area contributed by atoms with Crippen molar-refractivity contribution < 1.29 is 14.4 Å². The van der Waals surface area contributed by atoms with Crippen LogP contribution in [0.2, 0.25) is 0 Å². The topological polar surface area (TPSA) is 69.7 Å². The van der Waals surface area contributed by atoms with Gasteiger partial charge in [-0.2, -0.15) is 0 Å². The quantitative estimate of drug-likeness (QED) is 0.831. The Hall–Kier alpha value is -2.37. The third kappa shape index (κ3) is 5.08. The van der Waals surface area contributed by atoms with Gasteiger partial charge in [-0.25, -0.2) is 0 Å². The van der Waals surface area contributed by atoms with Crippen LogP contribution in [0, 0.1) is 5.92 Å². The van der Waals surface area contributed by atoms with E-state index < -0.39 is 0 Å². The van der Waals surface area contributed by atoms with Gasteiger partial charge < -0.3 is 15.1 Å². The first-order chi connectivity index (χ1) is 13.1. The summed E-state index contributed by atoms with van der Waals surface area (Å²) in [5, 5.41) is 3.04. The molecule has 2 heterocycles. The van der Waals surface area contributed by atoms with Crippen LogP contribution in [0.3, 0.4) is 0 Å². The van der Waals surface area contributed by atoms with Gasteiger partial charge in [0.05, 0.1) is 5.92 Å². The standard InChI is InChI=1S/C21H29N3O3/c1-2-7-19(25)22-18-10-6-11-23(15-18)21(27)17-12-20(26)24(14-17)13-16-8-4-3-5-9-16/h3-5,8-9,17-18H,2,6-7,10-15H2,1H3,(H,22,25). The molecule has 2 aliphatic rings. The number of piperidine rings is 1. The molecule has 3 amide bonds. The predicted octanol–water partition coefficient (Wildman–Crippen LogP) is 1.94. The summed E-state index contributed by atoms with van der Waals surface area (Å²) in [4.78, 5) is 40.7. The van der Waals surface area contributed by atoms with Gasteiger partial charge in [0.2, 0.25) is 17.7 Å². The summed E-state index contributed by atoms with van der Waals surface area (Å²) in [6.45, 7) is 4.28. The predicted molar refractivity (Wildman–Crippen MR) is 103 cm³/mol. The Morgan fingerprint density at radius 1 is 1.19 bits per heavy atom. The zero-order valence-corrected chi connectivity index (χ0v) is 16.0. The van der Waals surface area contributed by atoms with Crippen LogP contribution in [0.1, 0.15) is 44.6 Å². The van der Waals surface area contributed by atoms with Crippen molar-refractivity contribution in [3.8, 4) is 0 Å². The molecule has 0 aliphatic carbocycles. The van der Waals surface area contributed by atoms with E-state index in [4.69, 9.17) is 0 Å².